The van der Waals surface area contributed by atoms with E-state index in [-0.39, 0.29) is 0 Å². The number of nitrogens with zero attached hydrogens (tertiary/aromatic N) is 6. The molecule has 0 bridgehead atoms. The average Bonchev–Trinajstić information content (AvgIpc) is 2.99. The molecule has 2 aliphatic rings. The summed E-state index contributed by atoms with van der Waals surface area (Å²) in [5.74, 6) is 1.13. The summed E-state index contributed by atoms with van der Waals surface area (Å²) in [6, 6.07) is 2.19. The molecule has 6 nitrogen and oxygen atoms in total. The molecule has 0 aromatic carbocycles. The summed E-state index contributed by atoms with van der Waals surface area (Å²) in [6.07, 6.45) is 5.75. The largest absolute Gasteiger partial charge is 0.358 e. The molecule has 1 aromatic heterocycles. The molecule has 0 amide bonds. The number of aryl methyl sites for hydroxylation is 3. The fourth-order valence-corrected chi connectivity index (χ4v) is 3.18. The highest BCUT2D eigenvalue weighted by atomic mass is 15.4. The van der Waals surface area contributed by atoms with Crippen LogP contribution in [0, 0.1) is 6.92 Å². The van der Waals surface area contributed by atoms with Gasteiger partial charge in [0, 0.05) is 39.6 Å². The monoisotopic (exact) mass is 302 g/mol. The molecule has 0 N–H and O–H groups in total. The van der Waals surface area contributed by atoms with Crippen molar-refractivity contribution in [1.82, 2.24) is 24.5 Å². The van der Waals surface area contributed by atoms with E-state index < -0.39 is 0 Å². The molecular weight excluding hydrogens is 276 g/mol. The quantitative estimate of drug-likeness (QED) is 0.771. The van der Waals surface area contributed by atoms with Gasteiger partial charge in [0.25, 0.3) is 0 Å². The highest BCUT2D eigenvalue weighted by molar-refractivity contribution is 5.99. The van der Waals surface area contributed by atoms with Crippen molar-refractivity contribution in [1.29, 1.82) is 0 Å². The van der Waals surface area contributed by atoms with Gasteiger partial charge in [-0.2, -0.15) is 5.10 Å². The first-order chi connectivity index (χ1) is 10.5. The molecule has 6 heteroatoms. The third-order valence-electron chi connectivity index (χ3n) is 4.36. The molecule has 0 saturated heterocycles. The molecule has 3 rings (SSSR count). The van der Waals surface area contributed by atoms with E-state index in [0.29, 0.717) is 0 Å². The molecule has 0 saturated carbocycles. The molecule has 22 heavy (non-hydrogen) atoms. The summed E-state index contributed by atoms with van der Waals surface area (Å²) in [7, 11) is 6.25. The van der Waals surface area contributed by atoms with E-state index in [0.717, 1.165) is 37.8 Å². The van der Waals surface area contributed by atoms with Crippen LogP contribution >= 0.6 is 0 Å². The van der Waals surface area contributed by atoms with Crippen molar-refractivity contribution in [2.75, 3.05) is 34.0 Å². The third-order valence-corrected chi connectivity index (χ3v) is 4.36. The van der Waals surface area contributed by atoms with E-state index in [1.807, 2.05) is 11.7 Å². The van der Waals surface area contributed by atoms with Crippen molar-refractivity contribution in [3.05, 3.63) is 29.4 Å². The molecule has 120 valence electrons. The molecule has 0 aliphatic carbocycles. The Balaban J connectivity index is 1.50. The second kappa shape index (κ2) is 6.02. The molecule has 0 unspecified atom stereocenters. The Hall–Kier alpha value is -1.98. The molecule has 0 atom stereocenters. The Morgan fingerprint density at radius 2 is 1.95 bits per heavy atom. The fraction of sp³-hybridized carbons (Fsp3) is 0.625. The number of fused-ring (bicyclic) bond motifs is 1. The SMILES string of the molecule is Cc1cc(CCCCN2C=C3C(=NCN3C)N(C)C2)n(C)n1. The van der Waals surface area contributed by atoms with Gasteiger partial charge >= 0.3 is 0 Å². The second-order valence-electron chi connectivity index (χ2n) is 6.34. The van der Waals surface area contributed by atoms with E-state index in [2.05, 4.69) is 58.1 Å². The van der Waals surface area contributed by atoms with Crippen LogP contribution in [0.2, 0.25) is 0 Å². The number of aromatic nitrogens is 2. The van der Waals surface area contributed by atoms with Crippen LogP contribution in [0.5, 0.6) is 0 Å². The van der Waals surface area contributed by atoms with Gasteiger partial charge in [-0.15, -0.1) is 0 Å². The van der Waals surface area contributed by atoms with Gasteiger partial charge in [-0.25, -0.2) is 4.99 Å². The van der Waals surface area contributed by atoms with Crippen LogP contribution in [0.4, 0.5) is 0 Å². The van der Waals surface area contributed by atoms with Gasteiger partial charge in [0.2, 0.25) is 0 Å². The molecule has 2 aliphatic heterocycles. The van der Waals surface area contributed by atoms with Crippen LogP contribution in [0.25, 0.3) is 0 Å². The van der Waals surface area contributed by atoms with Gasteiger partial charge in [-0.05, 0) is 32.3 Å². The van der Waals surface area contributed by atoms with Crippen LogP contribution in [0.1, 0.15) is 24.2 Å². The van der Waals surface area contributed by atoms with Gasteiger partial charge < -0.3 is 14.7 Å². The molecule has 0 spiro atoms. The van der Waals surface area contributed by atoms with E-state index >= 15 is 0 Å². The first-order valence-corrected chi connectivity index (χ1v) is 7.97. The predicted molar refractivity (Wildman–Crippen MR) is 88.4 cm³/mol. The fourth-order valence-electron chi connectivity index (χ4n) is 3.18. The molecule has 0 radical (unpaired) electrons. The lowest BCUT2D eigenvalue weighted by Gasteiger charge is -2.34. The Morgan fingerprint density at radius 3 is 2.68 bits per heavy atom. The number of likely N-dealkylation sites (N-methyl/N-ethyl adjacent to an activating group) is 2. The second-order valence-corrected chi connectivity index (χ2v) is 6.34. The lowest BCUT2D eigenvalue weighted by molar-refractivity contribution is 0.250. The summed E-state index contributed by atoms with van der Waals surface area (Å²) in [5, 5.41) is 4.41. The van der Waals surface area contributed by atoms with Crippen molar-refractivity contribution in [2.45, 2.75) is 26.2 Å². The van der Waals surface area contributed by atoms with E-state index in [1.54, 1.807) is 0 Å². The first kappa shape index (κ1) is 14.9. The number of unbranched alkanes of at least 4 members (excludes halogenated alkanes) is 1. The van der Waals surface area contributed by atoms with Gasteiger partial charge in [-0.1, -0.05) is 0 Å². The number of hydrogen-bond donors (Lipinski definition) is 0. The maximum Gasteiger partial charge on any atom is 0.152 e. The zero-order valence-electron chi connectivity index (χ0n) is 14.1. The Bertz CT molecular complexity index is 600. The summed E-state index contributed by atoms with van der Waals surface area (Å²) in [6.45, 7) is 4.85. The molecule has 1 aromatic rings. The minimum Gasteiger partial charge on any atom is -0.358 e. The topological polar surface area (TPSA) is 39.9 Å². The lowest BCUT2D eigenvalue weighted by atomic mass is 10.1. The Labute approximate surface area is 132 Å². The maximum atomic E-state index is 4.57. The normalized spacial score (nSPS) is 17.7. The number of rotatable bonds is 5. The van der Waals surface area contributed by atoms with Crippen LogP contribution in [0.15, 0.2) is 23.0 Å². The average molecular weight is 302 g/mol. The van der Waals surface area contributed by atoms with Crippen molar-refractivity contribution >= 4 is 5.84 Å². The predicted octanol–water partition coefficient (Wildman–Crippen LogP) is 1.40. The van der Waals surface area contributed by atoms with Crippen molar-refractivity contribution in [3.63, 3.8) is 0 Å². The Morgan fingerprint density at radius 1 is 1.14 bits per heavy atom. The van der Waals surface area contributed by atoms with Gasteiger partial charge in [0.15, 0.2) is 5.84 Å². The summed E-state index contributed by atoms with van der Waals surface area (Å²) < 4.78 is 2.00. The van der Waals surface area contributed by atoms with Crippen molar-refractivity contribution < 1.29 is 0 Å². The Kier molecular flexibility index (Phi) is 4.09. The summed E-state index contributed by atoms with van der Waals surface area (Å²) in [5.41, 5.74) is 3.68. The minimum atomic E-state index is 0.777. The van der Waals surface area contributed by atoms with E-state index in [9.17, 15) is 0 Å². The van der Waals surface area contributed by atoms with Crippen LogP contribution in [-0.4, -0.2) is 64.3 Å². The third kappa shape index (κ3) is 2.96. The van der Waals surface area contributed by atoms with Gasteiger partial charge in [0.1, 0.15) is 6.67 Å². The summed E-state index contributed by atoms with van der Waals surface area (Å²) in [4.78, 5) is 11.4. The van der Waals surface area contributed by atoms with Crippen LogP contribution < -0.4 is 0 Å². The molecule has 0 fully saturated rings. The van der Waals surface area contributed by atoms with Crippen molar-refractivity contribution in [3.8, 4) is 0 Å². The molecule has 3 heterocycles. The molecular formula is C16H26N6. The van der Waals surface area contributed by atoms with Crippen LogP contribution in [0.3, 0.4) is 0 Å². The van der Waals surface area contributed by atoms with Gasteiger partial charge in [0.05, 0.1) is 18.1 Å². The first-order valence-electron chi connectivity index (χ1n) is 7.97. The number of aliphatic imine (C=N–C) groups is 1. The maximum absolute atomic E-state index is 4.57. The highest BCUT2D eigenvalue weighted by Crippen LogP contribution is 2.20. The lowest BCUT2D eigenvalue weighted by Crippen LogP contribution is -2.43. The smallest absolute Gasteiger partial charge is 0.152 e. The van der Waals surface area contributed by atoms with Crippen molar-refractivity contribution in [2.24, 2.45) is 12.0 Å². The minimum absolute atomic E-state index is 0.777. The standard InChI is InChI=1S/C16H26N6/c1-13-9-14(21(4)18-13)7-5-6-8-22-10-15-16(20(3)12-22)17-11-19(15)2/h9-10H,5-8,11-12H2,1-4H3. The van der Waals surface area contributed by atoms with E-state index in [4.69, 9.17) is 0 Å². The van der Waals surface area contributed by atoms with Crippen LogP contribution in [-0.2, 0) is 13.5 Å². The number of hydrogen-bond acceptors (Lipinski definition) is 5. The van der Waals surface area contributed by atoms with Gasteiger partial charge in [-0.3, -0.25) is 4.68 Å². The summed E-state index contributed by atoms with van der Waals surface area (Å²) >= 11 is 0. The zero-order valence-corrected chi connectivity index (χ0v) is 14.1. The van der Waals surface area contributed by atoms with E-state index in [1.165, 1.54) is 24.2 Å². The number of amidine groups is 1. The zero-order chi connectivity index (χ0) is 15.7. The highest BCUT2D eigenvalue weighted by Gasteiger charge is 2.27.